The fraction of sp³-hybridized carbons (Fsp3) is 0.375. The van der Waals surface area contributed by atoms with Crippen LogP contribution in [0.15, 0.2) is 48.8 Å². The van der Waals surface area contributed by atoms with Crippen LogP contribution in [0.25, 0.3) is 10.9 Å². The topological polar surface area (TPSA) is 54.9 Å². The molecular formula is C24H23ClFN3O. The first-order valence-electron chi connectivity index (χ1n) is 10.5. The standard InChI is InChI=1S/C24H23ClFN3O/c25-18-1-4-23(28-13-18)29-24(30)9-14-7-15-10-17(11-16(15)8-14)20-5-6-27-22-3-2-19(26)12-21(20)22/h1-6,12-17H,7-11H2,(H,28,29,30)/t14-,15+,16-,17-. The van der Waals surface area contributed by atoms with Gasteiger partial charge >= 0.3 is 0 Å². The normalized spacial score (nSPS) is 25.4. The van der Waals surface area contributed by atoms with Gasteiger partial charge in [-0.1, -0.05) is 11.6 Å². The van der Waals surface area contributed by atoms with E-state index in [2.05, 4.69) is 21.4 Å². The Labute approximate surface area is 179 Å². The fourth-order valence-corrected chi connectivity index (χ4v) is 5.68. The minimum Gasteiger partial charge on any atom is -0.311 e. The lowest BCUT2D eigenvalue weighted by atomic mass is 9.89. The first-order valence-corrected chi connectivity index (χ1v) is 10.9. The fourth-order valence-electron chi connectivity index (χ4n) is 5.56. The number of halogens is 2. The second-order valence-electron chi connectivity index (χ2n) is 8.70. The third-order valence-corrected chi connectivity index (χ3v) is 6.98. The van der Waals surface area contributed by atoms with Crippen molar-refractivity contribution in [3.63, 3.8) is 0 Å². The van der Waals surface area contributed by atoms with Gasteiger partial charge in [-0.2, -0.15) is 0 Å². The van der Waals surface area contributed by atoms with E-state index < -0.39 is 0 Å². The van der Waals surface area contributed by atoms with Crippen LogP contribution in [0.4, 0.5) is 10.2 Å². The molecule has 30 heavy (non-hydrogen) atoms. The van der Waals surface area contributed by atoms with Gasteiger partial charge in [0.15, 0.2) is 0 Å². The van der Waals surface area contributed by atoms with Crippen molar-refractivity contribution in [2.45, 2.75) is 38.0 Å². The number of hydrogen-bond donors (Lipinski definition) is 1. The van der Waals surface area contributed by atoms with Crippen molar-refractivity contribution < 1.29 is 9.18 Å². The van der Waals surface area contributed by atoms with E-state index in [1.54, 1.807) is 24.3 Å². The minimum atomic E-state index is -0.212. The molecule has 5 rings (SSSR count). The van der Waals surface area contributed by atoms with Gasteiger partial charge in [-0.05, 0) is 91.3 Å². The highest BCUT2D eigenvalue weighted by Gasteiger charge is 2.42. The third kappa shape index (κ3) is 3.91. The van der Waals surface area contributed by atoms with Gasteiger partial charge < -0.3 is 5.32 Å². The summed E-state index contributed by atoms with van der Waals surface area (Å²) in [4.78, 5) is 20.9. The van der Waals surface area contributed by atoms with E-state index in [0.717, 1.165) is 36.6 Å². The molecule has 0 bridgehead atoms. The monoisotopic (exact) mass is 423 g/mol. The van der Waals surface area contributed by atoms with Crippen LogP contribution in [0.2, 0.25) is 5.02 Å². The summed E-state index contributed by atoms with van der Waals surface area (Å²) < 4.78 is 13.8. The zero-order chi connectivity index (χ0) is 20.7. The summed E-state index contributed by atoms with van der Waals surface area (Å²) in [6.07, 6.45) is 8.28. The molecular weight excluding hydrogens is 401 g/mol. The van der Waals surface area contributed by atoms with Crippen molar-refractivity contribution in [1.29, 1.82) is 0 Å². The second kappa shape index (κ2) is 7.95. The van der Waals surface area contributed by atoms with Crippen LogP contribution in [-0.2, 0) is 4.79 Å². The van der Waals surface area contributed by atoms with Gasteiger partial charge in [-0.25, -0.2) is 9.37 Å². The second-order valence-corrected chi connectivity index (χ2v) is 9.14. The molecule has 154 valence electrons. The lowest BCUT2D eigenvalue weighted by Crippen LogP contribution is -2.16. The van der Waals surface area contributed by atoms with E-state index in [-0.39, 0.29) is 11.7 Å². The molecule has 0 aliphatic heterocycles. The van der Waals surface area contributed by atoms with Crippen molar-refractivity contribution >= 4 is 34.2 Å². The van der Waals surface area contributed by atoms with Gasteiger partial charge in [0, 0.05) is 24.2 Å². The number of rotatable bonds is 4. The molecule has 1 aromatic carbocycles. The molecule has 2 saturated carbocycles. The molecule has 6 heteroatoms. The van der Waals surface area contributed by atoms with Gasteiger partial charge in [0.25, 0.3) is 0 Å². The number of carbonyl (C=O) groups is 1. The van der Waals surface area contributed by atoms with E-state index >= 15 is 0 Å². The molecule has 1 amide bonds. The Bertz CT molecular complexity index is 1070. The molecule has 0 radical (unpaired) electrons. The van der Waals surface area contributed by atoms with E-state index in [9.17, 15) is 9.18 Å². The smallest absolute Gasteiger partial charge is 0.225 e. The summed E-state index contributed by atoms with van der Waals surface area (Å²) in [7, 11) is 0. The summed E-state index contributed by atoms with van der Waals surface area (Å²) in [5, 5.41) is 4.36. The molecule has 2 fully saturated rings. The molecule has 2 aromatic heterocycles. The number of nitrogens with zero attached hydrogens (tertiary/aromatic N) is 2. The molecule has 4 atom stereocenters. The molecule has 2 aliphatic rings. The van der Waals surface area contributed by atoms with Crippen molar-refractivity contribution in [1.82, 2.24) is 9.97 Å². The van der Waals surface area contributed by atoms with E-state index in [4.69, 9.17) is 11.6 Å². The van der Waals surface area contributed by atoms with Gasteiger partial charge in [-0.3, -0.25) is 9.78 Å². The number of nitrogens with one attached hydrogen (secondary N) is 1. The number of anilines is 1. The molecule has 3 aromatic rings. The van der Waals surface area contributed by atoms with Gasteiger partial charge in [0.2, 0.25) is 5.91 Å². The van der Waals surface area contributed by atoms with Gasteiger partial charge in [0.05, 0.1) is 10.5 Å². The van der Waals surface area contributed by atoms with Crippen LogP contribution in [0.3, 0.4) is 0 Å². The number of hydrogen-bond acceptors (Lipinski definition) is 3. The zero-order valence-corrected chi connectivity index (χ0v) is 17.3. The van der Waals surface area contributed by atoms with Crippen molar-refractivity contribution in [3.05, 3.63) is 65.2 Å². The highest BCUT2D eigenvalue weighted by Crippen LogP contribution is 2.53. The van der Waals surface area contributed by atoms with Crippen LogP contribution in [0, 0.1) is 23.6 Å². The molecule has 0 spiro atoms. The maximum absolute atomic E-state index is 13.8. The lowest BCUT2D eigenvalue weighted by molar-refractivity contribution is -0.117. The number of fused-ring (bicyclic) bond motifs is 2. The van der Waals surface area contributed by atoms with Crippen molar-refractivity contribution in [3.8, 4) is 0 Å². The van der Waals surface area contributed by atoms with Crippen molar-refractivity contribution in [2.75, 3.05) is 5.32 Å². The van der Waals surface area contributed by atoms with Crippen LogP contribution < -0.4 is 5.32 Å². The summed E-state index contributed by atoms with van der Waals surface area (Å²) >= 11 is 5.84. The molecule has 4 nitrogen and oxygen atoms in total. The minimum absolute atomic E-state index is 0.0157. The summed E-state index contributed by atoms with van der Waals surface area (Å²) in [6, 6.07) is 10.3. The number of carbonyl (C=O) groups excluding carboxylic acids is 1. The Hall–Kier alpha value is -2.53. The number of benzene rings is 1. The number of aromatic nitrogens is 2. The first kappa shape index (κ1) is 19.4. The van der Waals surface area contributed by atoms with Crippen LogP contribution >= 0.6 is 11.6 Å². The third-order valence-electron chi connectivity index (χ3n) is 6.76. The summed E-state index contributed by atoms with van der Waals surface area (Å²) in [5.74, 6) is 2.48. The highest BCUT2D eigenvalue weighted by molar-refractivity contribution is 6.30. The molecule has 2 aliphatic carbocycles. The average Bonchev–Trinajstić information content (AvgIpc) is 3.27. The van der Waals surface area contributed by atoms with Crippen LogP contribution in [0.1, 0.15) is 43.6 Å². The van der Waals surface area contributed by atoms with E-state index in [1.807, 2.05) is 6.20 Å². The zero-order valence-electron chi connectivity index (χ0n) is 16.5. The SMILES string of the molecule is O=C(C[C@H]1C[C@@H]2C[C@H](c3ccnc4ccc(F)cc34)C[C@@H]2C1)Nc1ccc(Cl)cn1. The van der Waals surface area contributed by atoms with Gasteiger partial charge in [0.1, 0.15) is 11.6 Å². The highest BCUT2D eigenvalue weighted by atomic mass is 35.5. The van der Waals surface area contributed by atoms with Crippen LogP contribution in [0.5, 0.6) is 0 Å². The maximum Gasteiger partial charge on any atom is 0.225 e. The lowest BCUT2D eigenvalue weighted by Gasteiger charge is -2.17. The molecule has 1 N–H and O–H groups in total. The molecule has 2 heterocycles. The Morgan fingerprint density at radius 1 is 1.07 bits per heavy atom. The Morgan fingerprint density at radius 2 is 1.87 bits per heavy atom. The summed E-state index contributed by atoms with van der Waals surface area (Å²) in [6.45, 7) is 0. The predicted octanol–water partition coefficient (Wildman–Crippen LogP) is 5.97. The Morgan fingerprint density at radius 3 is 2.60 bits per heavy atom. The molecule has 0 unspecified atom stereocenters. The van der Waals surface area contributed by atoms with Gasteiger partial charge in [-0.15, -0.1) is 0 Å². The first-order chi connectivity index (χ1) is 14.5. The van der Waals surface area contributed by atoms with Crippen LogP contribution in [-0.4, -0.2) is 15.9 Å². The Balaban J connectivity index is 1.21. The summed E-state index contributed by atoms with van der Waals surface area (Å²) in [5.41, 5.74) is 2.08. The molecule has 0 saturated heterocycles. The maximum atomic E-state index is 13.8. The average molecular weight is 424 g/mol. The predicted molar refractivity (Wildman–Crippen MR) is 116 cm³/mol. The van der Waals surface area contributed by atoms with Crippen molar-refractivity contribution in [2.24, 2.45) is 17.8 Å². The Kier molecular flexibility index (Phi) is 5.15. The number of pyridine rings is 2. The largest absolute Gasteiger partial charge is 0.311 e. The number of amides is 1. The quantitative estimate of drug-likeness (QED) is 0.562. The van der Waals surface area contributed by atoms with E-state index in [0.29, 0.717) is 40.9 Å². The van der Waals surface area contributed by atoms with E-state index in [1.165, 1.54) is 17.8 Å².